The average Bonchev–Trinajstić information content (AvgIpc) is 3.40. The molecule has 0 aliphatic carbocycles. The van der Waals surface area contributed by atoms with E-state index in [1.54, 1.807) is 0 Å². The molecular weight excluding hydrogens is 1040 g/mol. The summed E-state index contributed by atoms with van der Waals surface area (Å²) in [6, 6.07) is 34.4. The van der Waals surface area contributed by atoms with Crippen LogP contribution in [0, 0.1) is 6.07 Å². The monoisotopic (exact) mass is 1110 g/mol. The van der Waals surface area contributed by atoms with Crippen LogP contribution in [0.4, 0.5) is 0 Å². The van der Waals surface area contributed by atoms with Gasteiger partial charge in [-0.2, -0.15) is 12.1 Å². The van der Waals surface area contributed by atoms with E-state index in [1.165, 1.54) is 72.8 Å². The Labute approximate surface area is 467 Å². The largest absolute Gasteiger partial charge is 0.519 e. The van der Waals surface area contributed by atoms with Crippen LogP contribution in [-0.4, -0.2) is 75.8 Å². The van der Waals surface area contributed by atoms with Crippen LogP contribution < -0.4 is 28.4 Å². The van der Waals surface area contributed by atoms with Gasteiger partial charge in [0.25, 0.3) is 0 Å². The van der Waals surface area contributed by atoms with E-state index in [4.69, 9.17) is 47.4 Å². The second-order valence-corrected chi connectivity index (χ2v) is 13.3. The Bertz CT molecular complexity index is 2290. The van der Waals surface area contributed by atoms with Gasteiger partial charge in [0.1, 0.15) is 28.7 Å². The fourth-order valence-corrected chi connectivity index (χ4v) is 5.09. The van der Waals surface area contributed by atoms with Crippen LogP contribution in [-0.2, 0) is 70.8 Å². The molecule has 75 heavy (non-hydrogen) atoms. The maximum absolute atomic E-state index is 12.4. The Kier molecular flexibility index (Phi) is 39.7. The molecule has 0 unspecified atom stereocenters. The summed E-state index contributed by atoms with van der Waals surface area (Å²) in [5.41, 5.74) is 2.57. The third-order valence-corrected chi connectivity index (χ3v) is 8.51. The van der Waals surface area contributed by atoms with Crippen LogP contribution >= 0.6 is 0 Å². The minimum Gasteiger partial charge on any atom is -0.519 e. The molecule has 0 spiro atoms. The molecule has 0 aromatic heterocycles. The van der Waals surface area contributed by atoms with Crippen LogP contribution in [0.1, 0.15) is 77.1 Å². The van der Waals surface area contributed by atoms with Gasteiger partial charge in [-0.15, -0.1) is 17.7 Å². The Morgan fingerprint density at radius 3 is 1.12 bits per heavy atom. The first-order valence-electron chi connectivity index (χ1n) is 21.5. The first-order valence-corrected chi connectivity index (χ1v) is 21.5. The van der Waals surface area contributed by atoms with E-state index in [-0.39, 0.29) is 105 Å². The van der Waals surface area contributed by atoms with Crippen LogP contribution in [0.25, 0.3) is 11.1 Å². The third-order valence-electron chi connectivity index (χ3n) is 8.51. The molecule has 0 aliphatic rings. The molecule has 5 aromatic carbocycles. The Hall–Kier alpha value is -7.82. The second-order valence-electron chi connectivity index (χ2n) is 13.3. The summed E-state index contributed by atoms with van der Waals surface area (Å²) in [6.45, 7) is 18.1. The minimum absolute atomic E-state index is 0. The van der Waals surface area contributed by atoms with Crippen molar-refractivity contribution in [3.63, 3.8) is 0 Å². The second kappa shape index (κ2) is 41.6. The molecule has 1 radical (unpaired) electrons. The van der Waals surface area contributed by atoms with E-state index in [2.05, 4.69) is 32.4 Å². The first kappa shape index (κ1) is 71.4. The molecule has 16 nitrogen and oxygen atoms in total. The van der Waals surface area contributed by atoms with Gasteiger partial charge < -0.3 is 47.4 Å². The number of esters is 6. The van der Waals surface area contributed by atoms with Gasteiger partial charge in [0.2, 0.25) is 13.6 Å². The van der Waals surface area contributed by atoms with Crippen LogP contribution in [0.5, 0.6) is 34.5 Å². The number of hydrogen-bond acceptors (Lipinski definition) is 16. The zero-order valence-corrected chi connectivity index (χ0v) is 42.2. The van der Waals surface area contributed by atoms with E-state index in [0.29, 0.717) is 49.9 Å². The minimum atomic E-state index is -0.614. The van der Waals surface area contributed by atoms with E-state index < -0.39 is 35.8 Å². The fraction of sp³-hybridized carbons (Fsp3) is 0.241. The molecule has 0 saturated carbocycles. The molecule has 0 aliphatic heterocycles. The van der Waals surface area contributed by atoms with Gasteiger partial charge in [-0.3, -0.25) is 0 Å². The van der Waals surface area contributed by atoms with Crippen molar-refractivity contribution in [2.24, 2.45) is 0 Å². The van der Waals surface area contributed by atoms with E-state index >= 15 is 0 Å². The third kappa shape index (κ3) is 28.3. The molecule has 5 rings (SSSR count). The van der Waals surface area contributed by atoms with Crippen molar-refractivity contribution in [2.45, 2.75) is 56.4 Å². The van der Waals surface area contributed by atoms with Crippen molar-refractivity contribution in [1.82, 2.24) is 0 Å². The van der Waals surface area contributed by atoms with Gasteiger partial charge in [-0.1, -0.05) is 87.6 Å². The Morgan fingerprint density at radius 1 is 0.413 bits per heavy atom. The summed E-state index contributed by atoms with van der Waals surface area (Å²) in [5.74, 6) is -0.674. The van der Waals surface area contributed by atoms with Gasteiger partial charge in [0.05, 0.1) is 37.6 Å². The van der Waals surface area contributed by atoms with Crippen LogP contribution in [0.2, 0.25) is 0 Å². The maximum Gasteiger partial charge on any atom is 0.343 e. The summed E-state index contributed by atoms with van der Waals surface area (Å²) < 4.78 is 51.6. The van der Waals surface area contributed by atoms with Crippen molar-refractivity contribution in [1.29, 1.82) is 0 Å². The zero-order valence-electron chi connectivity index (χ0n) is 39.4. The predicted molar refractivity (Wildman–Crippen MR) is 284 cm³/mol. The van der Waals surface area contributed by atoms with E-state index in [1.807, 2.05) is 56.3 Å². The van der Waals surface area contributed by atoms with Gasteiger partial charge in [0, 0.05) is 75.6 Å². The summed E-state index contributed by atoms with van der Waals surface area (Å²) in [4.78, 5) is 68.6. The van der Waals surface area contributed by atoms with Crippen LogP contribution in [0.15, 0.2) is 166 Å². The normalized spacial score (nSPS) is 9.09. The molecule has 0 heterocycles. The summed E-state index contributed by atoms with van der Waals surface area (Å²) in [7, 11) is 0. The Morgan fingerprint density at radius 2 is 0.747 bits per heavy atom. The fourth-order valence-electron chi connectivity index (χ4n) is 5.09. The number of carbonyl (C=O) groups is 6. The van der Waals surface area contributed by atoms with Crippen molar-refractivity contribution in [2.75, 3.05) is 40.0 Å². The molecule has 5 aromatic rings. The maximum atomic E-state index is 12.4. The average molecular weight is 1110 g/mol. The molecule has 17 heteroatoms. The van der Waals surface area contributed by atoms with Gasteiger partial charge in [-0.05, 0) is 84.9 Å². The van der Waals surface area contributed by atoms with Gasteiger partial charge >= 0.3 is 35.8 Å². The van der Waals surface area contributed by atoms with Gasteiger partial charge in [0.15, 0.2) is 0 Å². The van der Waals surface area contributed by atoms with E-state index in [9.17, 15) is 28.8 Å². The summed E-state index contributed by atoms with van der Waals surface area (Å²) >= 11 is 0. The zero-order chi connectivity index (χ0) is 50.9. The number of hydrogen-bond donors (Lipinski definition) is 0. The molecule has 0 amide bonds. The van der Waals surface area contributed by atoms with Crippen molar-refractivity contribution in [3.05, 3.63) is 183 Å². The molecule has 0 atom stereocenters. The smallest absolute Gasteiger partial charge is 0.343 e. The molecule has 0 N–H and O–H groups in total. The summed E-state index contributed by atoms with van der Waals surface area (Å²) in [5, 5.41) is 0. The number of ether oxygens (including phenoxy) is 10. The SMILES string of the molecule is C.C.C.C.C=CC(=O)OCCCOc1[c-]cc(-c2ccc(OCCCOC(=O)C=C)cc2)cc1.C=CC(=O)OCOc1ccc(C(=O)Oc2ccc(OC(=O)c3ccc(OCOC(=O)C=C)cc3)cc2)cc1.CC.[Y]. The van der Waals surface area contributed by atoms with Crippen molar-refractivity contribution >= 4 is 35.8 Å². The molecule has 401 valence electrons. The number of carbonyl (C=O) groups excluding carboxylic acids is 6. The Balaban J connectivity index is -0.00000128. The quantitative estimate of drug-likeness (QED) is 0.0102. The van der Waals surface area contributed by atoms with Crippen molar-refractivity contribution < 1.29 is 109 Å². The molecule has 0 fully saturated rings. The number of rotatable bonds is 25. The molecule has 0 saturated heterocycles. The summed E-state index contributed by atoms with van der Waals surface area (Å²) in [6.07, 6.45) is 5.51. The van der Waals surface area contributed by atoms with E-state index in [0.717, 1.165) is 41.2 Å². The predicted octanol–water partition coefficient (Wildman–Crippen LogP) is 12.0. The molecule has 0 bridgehead atoms. The van der Waals surface area contributed by atoms with Crippen molar-refractivity contribution in [3.8, 4) is 45.6 Å². The first-order chi connectivity index (χ1) is 34.0. The molecular formula is C58H69O16Y-. The van der Waals surface area contributed by atoms with Gasteiger partial charge in [-0.25, -0.2) is 28.8 Å². The standard InChI is InChI=1S/C28H22O10.C24H25O6.C2H6.4CH4.Y/c1-3-25(29)35-17-33-21-9-5-19(6-10-21)27(31)37-23-13-15-24(16-14-23)38-28(32)20-7-11-22(12-8-20)34-18-36-26(30)4-2;1-3-23(25)29-17-5-15-27-21-11-7-19(8-12-21)20-9-13-22(14-10-20)28-16-6-18-30-24(26)4-2;1-2;;;;;/h3-16H,1-2,17-18H2;3-4,7-13H,1-2,5-6,15-18H2;1-2H3;4*1H4;/q;-1;;;;;;. The van der Waals surface area contributed by atoms with Crippen LogP contribution in [0.3, 0.4) is 0 Å². The number of benzene rings is 5. The topological polar surface area (TPSA) is 195 Å².